The number of aldehydes is 1. The fourth-order valence-electron chi connectivity index (χ4n) is 1.91. The van der Waals surface area contributed by atoms with Crippen molar-refractivity contribution in [2.24, 2.45) is 5.92 Å². The monoisotopic (exact) mass is 330 g/mol. The van der Waals surface area contributed by atoms with Gasteiger partial charge in [0.05, 0.1) is 12.2 Å². The lowest BCUT2D eigenvalue weighted by Crippen LogP contribution is -2.42. The second-order valence-corrected chi connectivity index (χ2v) is 5.44. The Morgan fingerprint density at radius 2 is 1.92 bits per heavy atom. The van der Waals surface area contributed by atoms with E-state index in [1.165, 1.54) is 6.07 Å². The number of carbonyl (C=O) groups is 3. The van der Waals surface area contributed by atoms with Crippen molar-refractivity contribution < 1.29 is 23.5 Å². The second-order valence-electron chi connectivity index (χ2n) is 5.44. The summed E-state index contributed by atoms with van der Waals surface area (Å²) >= 11 is 0. The lowest BCUT2D eigenvalue weighted by atomic mass is 10.1. The van der Waals surface area contributed by atoms with Crippen LogP contribution in [0.15, 0.2) is 40.8 Å². The largest absolute Gasteiger partial charge is 0.453 e. The van der Waals surface area contributed by atoms with Gasteiger partial charge in [0.25, 0.3) is 5.91 Å². The highest BCUT2D eigenvalue weighted by Crippen LogP contribution is 2.25. The standard InChI is InChI=1S/C17H18N2O5/c1-11(2)10-23-17(22)19-18-16(21)14-6-4-3-5-13(14)15-8-7-12(9-20)24-15/h3-9,11H,10H2,1-2H3,(H,18,21)(H,19,22). The quantitative estimate of drug-likeness (QED) is 0.649. The van der Waals surface area contributed by atoms with E-state index in [4.69, 9.17) is 9.15 Å². The van der Waals surface area contributed by atoms with Crippen LogP contribution in [0.5, 0.6) is 0 Å². The van der Waals surface area contributed by atoms with Crippen LogP contribution in [0, 0.1) is 5.92 Å². The summed E-state index contributed by atoms with van der Waals surface area (Å²) in [6, 6.07) is 9.78. The number of rotatable bonds is 5. The van der Waals surface area contributed by atoms with E-state index in [-0.39, 0.29) is 23.8 Å². The van der Waals surface area contributed by atoms with Gasteiger partial charge in [-0.05, 0) is 24.1 Å². The van der Waals surface area contributed by atoms with Crippen molar-refractivity contribution in [2.75, 3.05) is 6.61 Å². The van der Waals surface area contributed by atoms with E-state index in [1.807, 2.05) is 13.8 Å². The van der Waals surface area contributed by atoms with Crippen molar-refractivity contribution in [1.82, 2.24) is 10.9 Å². The minimum absolute atomic E-state index is 0.163. The Balaban J connectivity index is 2.07. The third-order valence-corrected chi connectivity index (χ3v) is 3.01. The van der Waals surface area contributed by atoms with Gasteiger partial charge < -0.3 is 9.15 Å². The molecule has 7 heteroatoms. The predicted molar refractivity (Wildman–Crippen MR) is 86.3 cm³/mol. The van der Waals surface area contributed by atoms with Gasteiger partial charge in [-0.2, -0.15) is 0 Å². The van der Waals surface area contributed by atoms with Crippen LogP contribution in [0.1, 0.15) is 34.8 Å². The second kappa shape index (κ2) is 7.96. The molecule has 0 atom stereocenters. The highest BCUT2D eigenvalue weighted by atomic mass is 16.6. The molecule has 1 aromatic heterocycles. The number of benzene rings is 1. The summed E-state index contributed by atoms with van der Waals surface area (Å²) in [5, 5.41) is 0. The molecule has 7 nitrogen and oxygen atoms in total. The van der Waals surface area contributed by atoms with Crippen LogP contribution < -0.4 is 10.9 Å². The summed E-state index contributed by atoms with van der Waals surface area (Å²) in [4.78, 5) is 34.5. The fraction of sp³-hybridized carbons (Fsp3) is 0.235. The first-order chi connectivity index (χ1) is 11.5. The van der Waals surface area contributed by atoms with Gasteiger partial charge in [0.15, 0.2) is 12.0 Å². The molecule has 2 rings (SSSR count). The van der Waals surface area contributed by atoms with Gasteiger partial charge >= 0.3 is 6.09 Å². The zero-order chi connectivity index (χ0) is 17.5. The zero-order valence-electron chi connectivity index (χ0n) is 13.4. The van der Waals surface area contributed by atoms with Crippen molar-refractivity contribution in [1.29, 1.82) is 0 Å². The molecule has 0 saturated carbocycles. The number of amides is 2. The van der Waals surface area contributed by atoms with Crippen LogP contribution in [0.25, 0.3) is 11.3 Å². The summed E-state index contributed by atoms with van der Waals surface area (Å²) in [5.74, 6) is 0.204. The number of ether oxygens (including phenoxy) is 1. The predicted octanol–water partition coefficient (Wildman–Crippen LogP) is 2.79. The van der Waals surface area contributed by atoms with Crippen LogP contribution in [-0.2, 0) is 4.74 Å². The van der Waals surface area contributed by atoms with E-state index < -0.39 is 12.0 Å². The Hall–Kier alpha value is -3.09. The zero-order valence-corrected chi connectivity index (χ0v) is 13.4. The molecule has 2 aromatic rings. The first kappa shape index (κ1) is 17.3. The lowest BCUT2D eigenvalue weighted by Gasteiger charge is -2.11. The molecule has 1 heterocycles. The molecular weight excluding hydrogens is 312 g/mol. The third kappa shape index (κ3) is 4.45. The number of nitrogens with one attached hydrogen (secondary N) is 2. The highest BCUT2D eigenvalue weighted by Gasteiger charge is 2.16. The number of carbonyl (C=O) groups excluding carboxylic acids is 3. The molecule has 0 bridgehead atoms. The van der Waals surface area contributed by atoms with Gasteiger partial charge in [-0.1, -0.05) is 32.0 Å². The molecule has 2 amide bonds. The van der Waals surface area contributed by atoms with Crippen LogP contribution in [0.2, 0.25) is 0 Å². The Labute approximate surface area is 139 Å². The van der Waals surface area contributed by atoms with E-state index in [0.29, 0.717) is 17.6 Å². The number of hydrogen-bond donors (Lipinski definition) is 2. The maximum atomic E-state index is 12.3. The Bertz CT molecular complexity index is 736. The van der Waals surface area contributed by atoms with E-state index >= 15 is 0 Å². The van der Waals surface area contributed by atoms with Gasteiger partial charge in [-0.25, -0.2) is 10.2 Å². The highest BCUT2D eigenvalue weighted by molar-refractivity contribution is 6.00. The molecule has 126 valence electrons. The summed E-state index contributed by atoms with van der Waals surface area (Å²) in [7, 11) is 0. The van der Waals surface area contributed by atoms with Gasteiger partial charge in [0.1, 0.15) is 5.76 Å². The average molecular weight is 330 g/mol. The van der Waals surface area contributed by atoms with Crippen molar-refractivity contribution in [3.05, 3.63) is 47.7 Å². The molecule has 0 unspecified atom stereocenters. The van der Waals surface area contributed by atoms with Crippen molar-refractivity contribution in [3.63, 3.8) is 0 Å². The van der Waals surface area contributed by atoms with E-state index in [2.05, 4.69) is 10.9 Å². The van der Waals surface area contributed by atoms with Crippen molar-refractivity contribution >= 4 is 18.3 Å². The molecular formula is C17H18N2O5. The minimum Gasteiger partial charge on any atom is -0.453 e. The molecule has 2 N–H and O–H groups in total. The third-order valence-electron chi connectivity index (χ3n) is 3.01. The normalized spacial score (nSPS) is 10.3. The molecule has 0 aliphatic carbocycles. The molecule has 0 fully saturated rings. The van der Waals surface area contributed by atoms with Crippen LogP contribution in [0.3, 0.4) is 0 Å². The topological polar surface area (TPSA) is 97.6 Å². The maximum absolute atomic E-state index is 12.3. The smallest absolute Gasteiger partial charge is 0.426 e. The molecule has 0 radical (unpaired) electrons. The van der Waals surface area contributed by atoms with Crippen molar-refractivity contribution in [3.8, 4) is 11.3 Å². The lowest BCUT2D eigenvalue weighted by molar-refractivity contribution is 0.0901. The molecule has 0 saturated heterocycles. The summed E-state index contributed by atoms with van der Waals surface area (Å²) in [6.45, 7) is 4.05. The maximum Gasteiger partial charge on any atom is 0.426 e. The van der Waals surface area contributed by atoms with Gasteiger partial charge in [0, 0.05) is 5.56 Å². The SMILES string of the molecule is CC(C)COC(=O)NNC(=O)c1ccccc1-c1ccc(C=O)o1. The minimum atomic E-state index is -0.740. The Morgan fingerprint density at radius 1 is 1.17 bits per heavy atom. The molecule has 0 aliphatic rings. The van der Waals surface area contributed by atoms with E-state index in [1.54, 1.807) is 30.3 Å². The number of furan rings is 1. The van der Waals surface area contributed by atoms with Crippen molar-refractivity contribution in [2.45, 2.75) is 13.8 Å². The average Bonchev–Trinajstić information content (AvgIpc) is 3.06. The summed E-state index contributed by atoms with van der Waals surface area (Å²) < 4.78 is 10.2. The fourth-order valence-corrected chi connectivity index (χ4v) is 1.91. The first-order valence-electron chi connectivity index (χ1n) is 7.38. The van der Waals surface area contributed by atoms with Crippen LogP contribution >= 0.6 is 0 Å². The van der Waals surface area contributed by atoms with Crippen LogP contribution in [0.4, 0.5) is 4.79 Å². The molecule has 24 heavy (non-hydrogen) atoms. The molecule has 1 aromatic carbocycles. The molecule has 0 aliphatic heterocycles. The van der Waals surface area contributed by atoms with E-state index in [9.17, 15) is 14.4 Å². The molecule has 0 spiro atoms. The van der Waals surface area contributed by atoms with Gasteiger partial charge in [-0.15, -0.1) is 0 Å². The Morgan fingerprint density at radius 3 is 2.58 bits per heavy atom. The Kier molecular flexibility index (Phi) is 5.73. The first-order valence-corrected chi connectivity index (χ1v) is 7.38. The van der Waals surface area contributed by atoms with Gasteiger partial charge in [0.2, 0.25) is 0 Å². The van der Waals surface area contributed by atoms with Gasteiger partial charge in [-0.3, -0.25) is 15.0 Å². The summed E-state index contributed by atoms with van der Waals surface area (Å²) in [5.41, 5.74) is 5.25. The van der Waals surface area contributed by atoms with Crippen LogP contribution in [-0.4, -0.2) is 24.9 Å². The number of hydrazine groups is 1. The van der Waals surface area contributed by atoms with E-state index in [0.717, 1.165) is 0 Å². The number of hydrogen-bond acceptors (Lipinski definition) is 5. The summed E-state index contributed by atoms with van der Waals surface area (Å²) in [6.07, 6.45) is -0.158.